The number of hydrogen-bond donors (Lipinski definition) is 1. The highest BCUT2D eigenvalue weighted by molar-refractivity contribution is 5.51. The zero-order valence-electron chi connectivity index (χ0n) is 14.8. The van der Waals surface area contributed by atoms with Gasteiger partial charge in [0, 0.05) is 12.5 Å². The number of aromatic nitrogens is 4. The van der Waals surface area contributed by atoms with Crippen LogP contribution in [0.4, 0.5) is 0 Å². The van der Waals surface area contributed by atoms with Crippen molar-refractivity contribution < 1.29 is 14.2 Å². The molecule has 1 unspecified atom stereocenters. The number of H-pyrrole nitrogens is 1. The number of aromatic amines is 1. The molecule has 1 aromatic carbocycles. The summed E-state index contributed by atoms with van der Waals surface area (Å²) in [6.45, 7) is 3.78. The highest BCUT2D eigenvalue weighted by Gasteiger charge is 2.26. The van der Waals surface area contributed by atoms with Gasteiger partial charge in [0.15, 0.2) is 17.3 Å². The number of ether oxygens (including phenoxy) is 3. The van der Waals surface area contributed by atoms with E-state index in [-0.39, 0.29) is 0 Å². The van der Waals surface area contributed by atoms with E-state index in [1.54, 1.807) is 14.2 Å². The molecule has 8 nitrogen and oxygen atoms in total. The molecule has 1 aromatic heterocycles. The average Bonchev–Trinajstić information content (AvgIpc) is 3.32. The minimum Gasteiger partial charge on any atom is -0.493 e. The fourth-order valence-corrected chi connectivity index (χ4v) is 3.16. The first kappa shape index (κ1) is 17.5. The molecule has 1 aliphatic heterocycles. The Hall–Kier alpha value is -2.35. The summed E-state index contributed by atoms with van der Waals surface area (Å²) >= 11 is 0. The molecule has 1 atom stereocenters. The van der Waals surface area contributed by atoms with Gasteiger partial charge in [0.25, 0.3) is 0 Å². The standard InChI is InChI=1S/C17H25N5O3/c1-23-14-6-5-7-15(24-2)16(14)25-11-4-3-9-22-10-8-13(12-22)17-18-20-21-19-17/h5-7,13H,3-4,8-12H2,1-2H3,(H,18,19,20,21). The van der Waals surface area contributed by atoms with Crippen LogP contribution in [0.1, 0.15) is 31.0 Å². The van der Waals surface area contributed by atoms with Gasteiger partial charge in [-0.2, -0.15) is 5.21 Å². The minimum atomic E-state index is 0.396. The van der Waals surface area contributed by atoms with E-state index in [4.69, 9.17) is 14.2 Å². The van der Waals surface area contributed by atoms with E-state index >= 15 is 0 Å². The third kappa shape index (κ3) is 4.39. The van der Waals surface area contributed by atoms with Gasteiger partial charge in [-0.1, -0.05) is 11.3 Å². The molecule has 3 rings (SSSR count). The Labute approximate surface area is 147 Å². The molecule has 136 valence electrons. The number of unbranched alkanes of at least 4 members (excludes halogenated alkanes) is 1. The second kappa shape index (κ2) is 8.66. The molecule has 1 aliphatic rings. The summed E-state index contributed by atoms with van der Waals surface area (Å²) in [4.78, 5) is 2.45. The van der Waals surface area contributed by atoms with Gasteiger partial charge in [-0.3, -0.25) is 0 Å². The number of benzene rings is 1. The van der Waals surface area contributed by atoms with Crippen molar-refractivity contribution in [1.29, 1.82) is 0 Å². The average molecular weight is 347 g/mol. The molecule has 0 spiro atoms. The van der Waals surface area contributed by atoms with Gasteiger partial charge in [0.1, 0.15) is 0 Å². The molecule has 0 bridgehead atoms. The van der Waals surface area contributed by atoms with Gasteiger partial charge in [-0.25, -0.2) is 0 Å². The molecule has 0 aliphatic carbocycles. The molecule has 1 saturated heterocycles. The van der Waals surface area contributed by atoms with Crippen LogP contribution in [-0.4, -0.2) is 66.0 Å². The molecular formula is C17H25N5O3. The molecule has 1 fully saturated rings. The molecule has 0 amide bonds. The lowest BCUT2D eigenvalue weighted by molar-refractivity contribution is 0.255. The first-order chi connectivity index (χ1) is 12.3. The topological polar surface area (TPSA) is 85.4 Å². The van der Waals surface area contributed by atoms with Gasteiger partial charge in [0.2, 0.25) is 5.75 Å². The molecule has 2 heterocycles. The molecule has 0 radical (unpaired) electrons. The number of para-hydroxylation sites is 1. The Morgan fingerprint density at radius 3 is 2.68 bits per heavy atom. The van der Waals surface area contributed by atoms with Gasteiger partial charge < -0.3 is 19.1 Å². The van der Waals surface area contributed by atoms with E-state index in [1.807, 2.05) is 18.2 Å². The van der Waals surface area contributed by atoms with Crippen LogP contribution in [0.2, 0.25) is 0 Å². The number of tetrazole rings is 1. The Morgan fingerprint density at radius 2 is 2.00 bits per heavy atom. The maximum Gasteiger partial charge on any atom is 0.203 e. The SMILES string of the molecule is COc1cccc(OC)c1OCCCCN1CCC(c2nn[nH]n2)C1. The molecule has 0 saturated carbocycles. The second-order valence-electron chi connectivity index (χ2n) is 6.10. The molecule has 25 heavy (non-hydrogen) atoms. The van der Waals surface area contributed by atoms with Crippen molar-refractivity contribution in [3.63, 3.8) is 0 Å². The molecular weight excluding hydrogens is 322 g/mol. The summed E-state index contributed by atoms with van der Waals surface area (Å²) in [5, 5.41) is 14.4. The summed E-state index contributed by atoms with van der Waals surface area (Å²) in [6.07, 6.45) is 3.15. The molecule has 2 aromatic rings. The van der Waals surface area contributed by atoms with E-state index in [0.29, 0.717) is 29.8 Å². The van der Waals surface area contributed by atoms with E-state index < -0.39 is 0 Å². The Balaban J connectivity index is 1.38. The first-order valence-electron chi connectivity index (χ1n) is 8.61. The number of hydrogen-bond acceptors (Lipinski definition) is 7. The number of rotatable bonds is 9. The van der Waals surface area contributed by atoms with E-state index in [1.165, 1.54) is 0 Å². The highest BCUT2D eigenvalue weighted by Crippen LogP contribution is 2.36. The van der Waals surface area contributed by atoms with Gasteiger partial charge in [0.05, 0.1) is 20.8 Å². The number of methoxy groups -OCH3 is 2. The molecule has 1 N–H and O–H groups in total. The van der Waals surface area contributed by atoms with Crippen LogP contribution in [0.5, 0.6) is 17.2 Å². The van der Waals surface area contributed by atoms with E-state index in [0.717, 1.165) is 44.7 Å². The van der Waals surface area contributed by atoms with Crippen LogP contribution >= 0.6 is 0 Å². The summed E-state index contributed by atoms with van der Waals surface area (Å²) in [6, 6.07) is 5.64. The van der Waals surface area contributed by atoms with Crippen molar-refractivity contribution >= 4 is 0 Å². The summed E-state index contributed by atoms with van der Waals surface area (Å²) < 4.78 is 16.6. The van der Waals surface area contributed by atoms with Crippen LogP contribution in [0.3, 0.4) is 0 Å². The lowest BCUT2D eigenvalue weighted by Gasteiger charge is -2.16. The maximum atomic E-state index is 5.89. The summed E-state index contributed by atoms with van der Waals surface area (Å²) in [5.74, 6) is 3.29. The maximum absolute atomic E-state index is 5.89. The number of nitrogens with one attached hydrogen (secondary N) is 1. The van der Waals surface area contributed by atoms with Crippen LogP contribution in [0, 0.1) is 0 Å². The zero-order valence-corrected chi connectivity index (χ0v) is 14.8. The van der Waals surface area contributed by atoms with Crippen molar-refractivity contribution in [1.82, 2.24) is 25.5 Å². The monoisotopic (exact) mass is 347 g/mol. The van der Waals surface area contributed by atoms with Crippen molar-refractivity contribution in [2.24, 2.45) is 0 Å². The Kier molecular flexibility index (Phi) is 6.05. The highest BCUT2D eigenvalue weighted by atomic mass is 16.5. The third-order valence-electron chi connectivity index (χ3n) is 4.50. The van der Waals surface area contributed by atoms with Gasteiger partial charge in [-0.15, -0.1) is 10.2 Å². The van der Waals surface area contributed by atoms with Crippen LogP contribution in [0.25, 0.3) is 0 Å². The summed E-state index contributed by atoms with van der Waals surface area (Å²) in [7, 11) is 3.27. The lowest BCUT2D eigenvalue weighted by atomic mass is 10.1. The fraction of sp³-hybridized carbons (Fsp3) is 0.588. The Morgan fingerprint density at radius 1 is 1.20 bits per heavy atom. The van der Waals surface area contributed by atoms with Crippen molar-refractivity contribution in [2.75, 3.05) is 40.5 Å². The second-order valence-corrected chi connectivity index (χ2v) is 6.10. The van der Waals surface area contributed by atoms with E-state index in [2.05, 4.69) is 25.5 Å². The number of likely N-dealkylation sites (tertiary alicyclic amines) is 1. The van der Waals surface area contributed by atoms with Crippen molar-refractivity contribution in [3.05, 3.63) is 24.0 Å². The van der Waals surface area contributed by atoms with Crippen LogP contribution in [0.15, 0.2) is 18.2 Å². The number of nitrogens with zero attached hydrogens (tertiary/aromatic N) is 4. The molecule has 8 heteroatoms. The lowest BCUT2D eigenvalue weighted by Crippen LogP contribution is -2.22. The summed E-state index contributed by atoms with van der Waals surface area (Å²) in [5.41, 5.74) is 0. The predicted molar refractivity (Wildman–Crippen MR) is 92.3 cm³/mol. The van der Waals surface area contributed by atoms with Crippen molar-refractivity contribution in [3.8, 4) is 17.2 Å². The predicted octanol–water partition coefficient (Wildman–Crippen LogP) is 1.87. The quantitative estimate of drug-likeness (QED) is 0.693. The van der Waals surface area contributed by atoms with Gasteiger partial charge in [-0.05, 0) is 44.5 Å². The van der Waals surface area contributed by atoms with E-state index in [9.17, 15) is 0 Å². The van der Waals surface area contributed by atoms with Crippen LogP contribution < -0.4 is 14.2 Å². The zero-order chi connectivity index (χ0) is 17.5. The fourth-order valence-electron chi connectivity index (χ4n) is 3.16. The minimum absolute atomic E-state index is 0.396. The normalized spacial score (nSPS) is 17.6. The largest absolute Gasteiger partial charge is 0.493 e. The smallest absolute Gasteiger partial charge is 0.203 e. The Bertz CT molecular complexity index is 627. The van der Waals surface area contributed by atoms with Gasteiger partial charge >= 0.3 is 0 Å². The third-order valence-corrected chi connectivity index (χ3v) is 4.50. The first-order valence-corrected chi connectivity index (χ1v) is 8.61. The van der Waals surface area contributed by atoms with Crippen molar-refractivity contribution in [2.45, 2.75) is 25.2 Å². The van der Waals surface area contributed by atoms with Crippen LogP contribution in [-0.2, 0) is 0 Å².